The quantitative estimate of drug-likeness (QED) is 0.359. The molecule has 8 heteroatoms. The molecule has 0 unspecified atom stereocenters. The molecule has 0 spiro atoms. The first-order valence-electron chi connectivity index (χ1n) is 9.68. The molecule has 0 saturated carbocycles. The Bertz CT molecular complexity index is 1340. The number of rotatable bonds is 6. The SMILES string of the molecule is Cc1[nH]c2ccccc2c1C(=O)C(=O)NCCn1nc(-c2ccc(Cl)cc2)ccc1=O. The van der Waals surface area contributed by atoms with Crippen molar-refractivity contribution in [2.45, 2.75) is 13.5 Å². The molecule has 1 amide bonds. The van der Waals surface area contributed by atoms with Gasteiger partial charge in [0.2, 0.25) is 0 Å². The summed E-state index contributed by atoms with van der Waals surface area (Å²) >= 11 is 5.91. The number of benzene rings is 2. The van der Waals surface area contributed by atoms with Crippen molar-refractivity contribution in [1.29, 1.82) is 0 Å². The van der Waals surface area contributed by atoms with Gasteiger partial charge in [-0.15, -0.1) is 0 Å². The second-order valence-corrected chi connectivity index (χ2v) is 7.48. The average molecular weight is 435 g/mol. The van der Waals surface area contributed by atoms with Crippen LogP contribution in [-0.2, 0) is 11.3 Å². The molecule has 0 bridgehead atoms. The summed E-state index contributed by atoms with van der Waals surface area (Å²) in [5.74, 6) is -1.35. The van der Waals surface area contributed by atoms with Gasteiger partial charge in [0.05, 0.1) is 17.8 Å². The summed E-state index contributed by atoms with van der Waals surface area (Å²) in [5, 5.41) is 8.23. The van der Waals surface area contributed by atoms with Crippen molar-refractivity contribution < 1.29 is 9.59 Å². The van der Waals surface area contributed by atoms with Gasteiger partial charge >= 0.3 is 0 Å². The lowest BCUT2D eigenvalue weighted by Gasteiger charge is -2.08. The number of nitrogens with zero attached hydrogens (tertiary/aromatic N) is 2. The first kappa shape index (κ1) is 20.6. The maximum Gasteiger partial charge on any atom is 0.292 e. The largest absolute Gasteiger partial charge is 0.358 e. The molecule has 0 saturated heterocycles. The summed E-state index contributed by atoms with van der Waals surface area (Å²) in [6.45, 7) is 1.97. The second kappa shape index (κ2) is 8.57. The van der Waals surface area contributed by atoms with E-state index in [-0.39, 0.29) is 18.6 Å². The van der Waals surface area contributed by atoms with Gasteiger partial charge in [-0.25, -0.2) is 4.68 Å². The summed E-state index contributed by atoms with van der Waals surface area (Å²) in [6, 6.07) is 17.5. The number of Topliss-reactive ketones (excluding diaryl/α,β-unsaturated/α-hetero) is 1. The molecule has 156 valence electrons. The number of amides is 1. The third kappa shape index (κ3) is 4.27. The minimum Gasteiger partial charge on any atom is -0.358 e. The molecule has 0 aliphatic rings. The first-order chi connectivity index (χ1) is 14.9. The topological polar surface area (TPSA) is 96.8 Å². The highest BCUT2D eigenvalue weighted by Crippen LogP contribution is 2.22. The predicted octanol–water partition coefficient (Wildman–Crippen LogP) is 3.35. The fourth-order valence-electron chi connectivity index (χ4n) is 3.42. The van der Waals surface area contributed by atoms with Crippen molar-refractivity contribution in [2.75, 3.05) is 6.54 Å². The highest BCUT2D eigenvalue weighted by atomic mass is 35.5. The number of hydrogen-bond acceptors (Lipinski definition) is 4. The molecule has 0 atom stereocenters. The molecule has 2 heterocycles. The number of halogens is 1. The third-order valence-electron chi connectivity index (χ3n) is 4.94. The number of aryl methyl sites for hydroxylation is 1. The number of ketones is 1. The molecule has 0 radical (unpaired) electrons. The number of fused-ring (bicyclic) bond motifs is 1. The third-order valence-corrected chi connectivity index (χ3v) is 5.19. The monoisotopic (exact) mass is 434 g/mol. The number of carbonyl (C=O) groups is 2. The molecular formula is C23H19ClN4O3. The highest BCUT2D eigenvalue weighted by Gasteiger charge is 2.22. The van der Waals surface area contributed by atoms with Crippen molar-refractivity contribution in [1.82, 2.24) is 20.1 Å². The Labute approximate surface area is 182 Å². The maximum atomic E-state index is 12.7. The summed E-state index contributed by atoms with van der Waals surface area (Å²) in [6.07, 6.45) is 0. The fraction of sp³-hybridized carbons (Fsp3) is 0.130. The zero-order valence-electron chi connectivity index (χ0n) is 16.7. The van der Waals surface area contributed by atoms with Gasteiger partial charge in [0.25, 0.3) is 17.2 Å². The van der Waals surface area contributed by atoms with Crippen LogP contribution in [0.4, 0.5) is 0 Å². The second-order valence-electron chi connectivity index (χ2n) is 7.04. The van der Waals surface area contributed by atoms with Gasteiger partial charge in [-0.1, -0.05) is 41.9 Å². The lowest BCUT2D eigenvalue weighted by molar-refractivity contribution is -0.117. The van der Waals surface area contributed by atoms with E-state index in [1.54, 1.807) is 31.2 Å². The molecule has 0 fully saturated rings. The Hall–Kier alpha value is -3.71. The fourth-order valence-corrected chi connectivity index (χ4v) is 3.55. The van der Waals surface area contributed by atoms with Crippen molar-refractivity contribution in [3.05, 3.63) is 87.3 Å². The van der Waals surface area contributed by atoms with Crippen LogP contribution in [0.25, 0.3) is 22.2 Å². The van der Waals surface area contributed by atoms with E-state index in [1.165, 1.54) is 10.7 Å². The van der Waals surface area contributed by atoms with Gasteiger partial charge in [-0.05, 0) is 31.2 Å². The van der Waals surface area contributed by atoms with E-state index in [0.717, 1.165) is 11.1 Å². The first-order valence-corrected chi connectivity index (χ1v) is 10.1. The van der Waals surface area contributed by atoms with E-state index in [4.69, 9.17) is 11.6 Å². The van der Waals surface area contributed by atoms with Gasteiger partial charge in [0.1, 0.15) is 0 Å². The van der Waals surface area contributed by atoms with Crippen LogP contribution in [0, 0.1) is 6.92 Å². The van der Waals surface area contributed by atoms with Crippen molar-refractivity contribution in [3.8, 4) is 11.3 Å². The Balaban J connectivity index is 1.45. The predicted molar refractivity (Wildman–Crippen MR) is 119 cm³/mol. The average Bonchev–Trinajstić information content (AvgIpc) is 3.10. The van der Waals surface area contributed by atoms with Crippen LogP contribution in [-0.4, -0.2) is 33.0 Å². The molecule has 2 aromatic carbocycles. The van der Waals surface area contributed by atoms with Crippen LogP contribution in [0.3, 0.4) is 0 Å². The number of para-hydroxylation sites is 1. The molecule has 7 nitrogen and oxygen atoms in total. The van der Waals surface area contributed by atoms with Crippen LogP contribution < -0.4 is 10.9 Å². The lowest BCUT2D eigenvalue weighted by atomic mass is 10.1. The Morgan fingerprint density at radius 2 is 1.81 bits per heavy atom. The molecule has 31 heavy (non-hydrogen) atoms. The minimum atomic E-state index is -0.727. The van der Waals surface area contributed by atoms with E-state index in [1.807, 2.05) is 30.3 Å². The Morgan fingerprint density at radius 3 is 2.58 bits per heavy atom. The van der Waals surface area contributed by atoms with Crippen LogP contribution >= 0.6 is 11.6 Å². The van der Waals surface area contributed by atoms with Gasteiger partial charge in [0.15, 0.2) is 0 Å². The molecular weight excluding hydrogens is 416 g/mol. The number of hydrogen-bond donors (Lipinski definition) is 2. The molecule has 4 rings (SSSR count). The van der Waals surface area contributed by atoms with Crippen molar-refractivity contribution >= 4 is 34.2 Å². The van der Waals surface area contributed by atoms with Crippen molar-refractivity contribution in [2.24, 2.45) is 0 Å². The standard InChI is InChI=1S/C23H19ClN4O3/c1-14-21(17-4-2-3-5-19(17)26-14)22(30)23(31)25-12-13-28-20(29)11-10-18(27-28)15-6-8-16(24)9-7-15/h2-11,26H,12-13H2,1H3,(H,25,31). The summed E-state index contributed by atoms with van der Waals surface area (Å²) in [5.41, 5.74) is 2.90. The van der Waals surface area contributed by atoms with Crippen LogP contribution in [0.2, 0.25) is 5.02 Å². The van der Waals surface area contributed by atoms with E-state index >= 15 is 0 Å². The molecule has 0 aliphatic carbocycles. The zero-order valence-corrected chi connectivity index (χ0v) is 17.4. The highest BCUT2D eigenvalue weighted by molar-refractivity contribution is 6.45. The zero-order chi connectivity index (χ0) is 22.0. The Morgan fingerprint density at radius 1 is 1.06 bits per heavy atom. The normalized spacial score (nSPS) is 10.9. The minimum absolute atomic E-state index is 0.0863. The van der Waals surface area contributed by atoms with Gasteiger partial charge in [0, 0.05) is 39.8 Å². The molecule has 2 aromatic heterocycles. The number of nitrogens with one attached hydrogen (secondary N) is 2. The van der Waals surface area contributed by atoms with Crippen LogP contribution in [0.15, 0.2) is 65.5 Å². The van der Waals surface area contributed by atoms with E-state index in [2.05, 4.69) is 15.4 Å². The van der Waals surface area contributed by atoms with Gasteiger partial charge in [-0.3, -0.25) is 14.4 Å². The molecule has 0 aliphatic heterocycles. The van der Waals surface area contributed by atoms with E-state index in [0.29, 0.717) is 27.4 Å². The number of aromatic nitrogens is 3. The van der Waals surface area contributed by atoms with Crippen LogP contribution in [0.1, 0.15) is 16.1 Å². The smallest absolute Gasteiger partial charge is 0.292 e. The maximum absolute atomic E-state index is 12.7. The molecule has 4 aromatic rings. The number of H-pyrrole nitrogens is 1. The summed E-state index contributed by atoms with van der Waals surface area (Å²) < 4.78 is 1.26. The van der Waals surface area contributed by atoms with Gasteiger partial charge in [-0.2, -0.15) is 5.10 Å². The molecule has 2 N–H and O–H groups in total. The Kier molecular flexibility index (Phi) is 5.68. The van der Waals surface area contributed by atoms with Crippen LogP contribution in [0.5, 0.6) is 0 Å². The number of carbonyl (C=O) groups excluding carboxylic acids is 2. The lowest BCUT2D eigenvalue weighted by Crippen LogP contribution is -2.36. The van der Waals surface area contributed by atoms with E-state index < -0.39 is 11.7 Å². The van der Waals surface area contributed by atoms with E-state index in [9.17, 15) is 14.4 Å². The number of aromatic amines is 1. The summed E-state index contributed by atoms with van der Waals surface area (Å²) in [7, 11) is 0. The summed E-state index contributed by atoms with van der Waals surface area (Å²) in [4.78, 5) is 40.4. The van der Waals surface area contributed by atoms with Crippen molar-refractivity contribution in [3.63, 3.8) is 0 Å². The van der Waals surface area contributed by atoms with Gasteiger partial charge < -0.3 is 10.3 Å².